The number of benzene rings is 2. The number of thioether (sulfide) groups is 1. The number of hydrogen-bond acceptors (Lipinski definition) is 2. The van der Waals surface area contributed by atoms with Crippen molar-refractivity contribution < 1.29 is 4.79 Å². The van der Waals surface area contributed by atoms with Gasteiger partial charge in [-0.05, 0) is 49.2 Å². The number of rotatable bonds is 4. The van der Waals surface area contributed by atoms with Gasteiger partial charge in [0.15, 0.2) is 0 Å². The van der Waals surface area contributed by atoms with E-state index >= 15 is 0 Å². The Kier molecular flexibility index (Phi) is 3.72. The second kappa shape index (κ2) is 5.51. The van der Waals surface area contributed by atoms with Crippen molar-refractivity contribution in [2.24, 2.45) is 0 Å². The van der Waals surface area contributed by atoms with E-state index in [0.717, 1.165) is 12.8 Å². The largest absolute Gasteiger partial charge is 0.337 e. The Hall–Kier alpha value is -1.45. The summed E-state index contributed by atoms with van der Waals surface area (Å²) in [6, 6.07) is 17.1. The van der Waals surface area contributed by atoms with Gasteiger partial charge in [-0.3, -0.25) is 4.79 Å². The molecule has 1 fully saturated rings. The molecule has 1 amide bonds. The molecule has 2 aromatic carbocycles. The third-order valence-electron chi connectivity index (χ3n) is 3.21. The van der Waals surface area contributed by atoms with Crippen molar-refractivity contribution in [3.05, 3.63) is 65.2 Å². The molecule has 20 heavy (non-hydrogen) atoms. The Morgan fingerprint density at radius 2 is 1.70 bits per heavy atom. The molecule has 2 nitrogen and oxygen atoms in total. The van der Waals surface area contributed by atoms with E-state index in [4.69, 9.17) is 11.6 Å². The van der Waals surface area contributed by atoms with Crippen LogP contribution in [0.15, 0.2) is 59.5 Å². The fourth-order valence-electron chi connectivity index (χ4n) is 1.96. The van der Waals surface area contributed by atoms with E-state index in [-0.39, 0.29) is 10.8 Å². The lowest BCUT2D eigenvalue weighted by Crippen LogP contribution is -2.34. The third kappa shape index (κ3) is 3.17. The molecule has 3 rings (SSSR count). The molecule has 1 saturated carbocycles. The quantitative estimate of drug-likeness (QED) is 0.851. The molecule has 0 saturated heterocycles. The second-order valence-electron chi connectivity index (χ2n) is 4.87. The maximum Gasteiger partial charge on any atom is 0.252 e. The highest BCUT2D eigenvalue weighted by Crippen LogP contribution is 2.49. The van der Waals surface area contributed by atoms with E-state index in [1.807, 2.05) is 18.2 Å². The van der Waals surface area contributed by atoms with E-state index in [1.165, 1.54) is 4.90 Å². The highest BCUT2D eigenvalue weighted by Gasteiger charge is 2.45. The van der Waals surface area contributed by atoms with Crippen LogP contribution in [0.1, 0.15) is 23.2 Å². The molecule has 0 unspecified atom stereocenters. The summed E-state index contributed by atoms with van der Waals surface area (Å²) in [5, 5.41) is 3.77. The molecule has 0 radical (unpaired) electrons. The Bertz CT molecular complexity index is 608. The first-order valence-corrected chi connectivity index (χ1v) is 7.68. The first-order valence-electron chi connectivity index (χ1n) is 6.49. The van der Waals surface area contributed by atoms with Crippen molar-refractivity contribution in [3.8, 4) is 0 Å². The van der Waals surface area contributed by atoms with Crippen LogP contribution in [0.5, 0.6) is 0 Å². The fraction of sp³-hybridized carbons (Fsp3) is 0.188. The van der Waals surface area contributed by atoms with Crippen LogP contribution in [0.3, 0.4) is 0 Å². The van der Waals surface area contributed by atoms with Crippen molar-refractivity contribution in [3.63, 3.8) is 0 Å². The van der Waals surface area contributed by atoms with Crippen LogP contribution in [0.25, 0.3) is 0 Å². The predicted octanol–water partition coefficient (Wildman–Crippen LogP) is 4.35. The summed E-state index contributed by atoms with van der Waals surface area (Å²) in [4.78, 5) is 13.3. The molecule has 102 valence electrons. The second-order valence-corrected chi connectivity index (χ2v) is 6.76. The average molecular weight is 304 g/mol. The highest BCUT2D eigenvalue weighted by atomic mass is 35.5. The maximum atomic E-state index is 12.2. The molecule has 0 aliphatic heterocycles. The smallest absolute Gasteiger partial charge is 0.252 e. The van der Waals surface area contributed by atoms with Gasteiger partial charge in [-0.1, -0.05) is 41.6 Å². The minimum atomic E-state index is -0.141. The zero-order chi connectivity index (χ0) is 14.0. The van der Waals surface area contributed by atoms with Gasteiger partial charge < -0.3 is 5.32 Å². The summed E-state index contributed by atoms with van der Waals surface area (Å²) < 4.78 is 0. The zero-order valence-corrected chi connectivity index (χ0v) is 12.4. The standard InChI is InChI=1S/C16H14ClNOS/c17-13-8-6-12(7-9-13)15(19)18-16(10-11-16)20-14-4-2-1-3-5-14/h1-9H,10-11H2,(H,18,19). The van der Waals surface area contributed by atoms with Crippen molar-refractivity contribution in [1.29, 1.82) is 0 Å². The van der Waals surface area contributed by atoms with E-state index in [1.54, 1.807) is 36.0 Å². The zero-order valence-electron chi connectivity index (χ0n) is 10.8. The fourth-order valence-corrected chi connectivity index (χ4v) is 3.28. The topological polar surface area (TPSA) is 29.1 Å². The lowest BCUT2D eigenvalue weighted by atomic mass is 10.2. The maximum absolute atomic E-state index is 12.2. The molecular weight excluding hydrogens is 290 g/mol. The lowest BCUT2D eigenvalue weighted by molar-refractivity contribution is 0.0946. The normalized spacial score (nSPS) is 15.7. The summed E-state index contributed by atoms with van der Waals surface area (Å²) in [6.45, 7) is 0. The highest BCUT2D eigenvalue weighted by molar-refractivity contribution is 8.01. The van der Waals surface area contributed by atoms with Crippen LogP contribution in [0, 0.1) is 0 Å². The summed E-state index contributed by atoms with van der Waals surface area (Å²) in [7, 11) is 0. The minimum Gasteiger partial charge on any atom is -0.337 e. The summed E-state index contributed by atoms with van der Waals surface area (Å²) in [5.41, 5.74) is 0.648. The van der Waals surface area contributed by atoms with Gasteiger partial charge in [0.05, 0.1) is 4.87 Å². The molecule has 1 aliphatic rings. The Labute approximate surface area is 127 Å². The summed E-state index contributed by atoms with van der Waals surface area (Å²) >= 11 is 7.56. The molecular formula is C16H14ClNOS. The molecule has 0 spiro atoms. The average Bonchev–Trinajstić information content (AvgIpc) is 3.20. The van der Waals surface area contributed by atoms with Gasteiger partial charge in [-0.2, -0.15) is 0 Å². The first kappa shape index (κ1) is 13.5. The van der Waals surface area contributed by atoms with Gasteiger partial charge in [0, 0.05) is 15.5 Å². The molecule has 4 heteroatoms. The lowest BCUT2D eigenvalue weighted by Gasteiger charge is -2.17. The summed E-state index contributed by atoms with van der Waals surface area (Å²) in [5.74, 6) is -0.0393. The third-order valence-corrected chi connectivity index (χ3v) is 4.87. The SMILES string of the molecule is O=C(NC1(Sc2ccccc2)CC1)c1ccc(Cl)cc1. The van der Waals surface area contributed by atoms with Crippen molar-refractivity contribution in [2.45, 2.75) is 22.6 Å². The van der Waals surface area contributed by atoms with Gasteiger partial charge in [0.2, 0.25) is 0 Å². The van der Waals surface area contributed by atoms with Gasteiger partial charge >= 0.3 is 0 Å². The van der Waals surface area contributed by atoms with Gasteiger partial charge in [0.1, 0.15) is 0 Å². The molecule has 1 N–H and O–H groups in total. The molecule has 0 heterocycles. The van der Waals surface area contributed by atoms with E-state index in [0.29, 0.717) is 10.6 Å². The molecule has 0 atom stereocenters. The van der Waals surface area contributed by atoms with E-state index in [9.17, 15) is 4.79 Å². The molecule has 1 aliphatic carbocycles. The number of halogens is 1. The summed E-state index contributed by atoms with van der Waals surface area (Å²) in [6.07, 6.45) is 2.01. The minimum absolute atomic E-state index is 0.0393. The van der Waals surface area contributed by atoms with Crippen LogP contribution in [0.2, 0.25) is 5.02 Å². The van der Waals surface area contributed by atoms with Crippen LogP contribution in [0.4, 0.5) is 0 Å². The van der Waals surface area contributed by atoms with Crippen LogP contribution in [-0.4, -0.2) is 10.8 Å². The van der Waals surface area contributed by atoms with Crippen LogP contribution < -0.4 is 5.32 Å². The molecule has 0 aromatic heterocycles. The monoisotopic (exact) mass is 303 g/mol. The predicted molar refractivity (Wildman–Crippen MR) is 83.2 cm³/mol. The number of carbonyl (C=O) groups excluding carboxylic acids is 1. The van der Waals surface area contributed by atoms with Gasteiger partial charge in [-0.15, -0.1) is 0 Å². The first-order chi connectivity index (χ1) is 9.67. The van der Waals surface area contributed by atoms with Crippen molar-refractivity contribution in [1.82, 2.24) is 5.32 Å². The Morgan fingerprint density at radius 1 is 1.05 bits per heavy atom. The van der Waals surface area contributed by atoms with Crippen molar-refractivity contribution >= 4 is 29.3 Å². The van der Waals surface area contributed by atoms with Crippen LogP contribution in [-0.2, 0) is 0 Å². The van der Waals surface area contributed by atoms with Crippen LogP contribution >= 0.6 is 23.4 Å². The number of hydrogen-bond donors (Lipinski definition) is 1. The number of amides is 1. The molecule has 0 bridgehead atoms. The number of carbonyl (C=O) groups is 1. The molecule has 2 aromatic rings. The number of nitrogens with one attached hydrogen (secondary N) is 1. The Morgan fingerprint density at radius 3 is 2.30 bits per heavy atom. The van der Waals surface area contributed by atoms with Gasteiger partial charge in [0.25, 0.3) is 5.91 Å². The Balaban J connectivity index is 1.68. The van der Waals surface area contributed by atoms with Gasteiger partial charge in [-0.25, -0.2) is 0 Å². The van der Waals surface area contributed by atoms with E-state index < -0.39 is 0 Å². The van der Waals surface area contributed by atoms with Crippen molar-refractivity contribution in [2.75, 3.05) is 0 Å². The van der Waals surface area contributed by atoms with E-state index in [2.05, 4.69) is 17.4 Å².